The van der Waals surface area contributed by atoms with E-state index in [9.17, 15) is 4.79 Å². The average molecular weight is 384 g/mol. The van der Waals surface area contributed by atoms with Gasteiger partial charge in [0.15, 0.2) is 20.2 Å². The molecule has 0 spiro atoms. The maximum Gasteiger partial charge on any atom is 0.231 e. The number of fused-ring (bicyclic) bond motifs is 1. The van der Waals surface area contributed by atoms with Crippen LogP contribution in [0.25, 0.3) is 0 Å². The fourth-order valence-electron chi connectivity index (χ4n) is 1.93. The SMILES string of the molecule is CCCSc1nnc(SCC(=O)NCc2ccc3c(c2)OCO3)s1. The maximum absolute atomic E-state index is 12.0. The number of carbonyl (C=O) groups is 1. The highest BCUT2D eigenvalue weighted by atomic mass is 32.2. The van der Waals surface area contributed by atoms with Crippen LogP contribution in [-0.4, -0.2) is 34.4 Å². The number of thioether (sulfide) groups is 2. The van der Waals surface area contributed by atoms with Crippen molar-refractivity contribution in [1.82, 2.24) is 15.5 Å². The second kappa shape index (κ2) is 8.59. The molecule has 24 heavy (non-hydrogen) atoms. The van der Waals surface area contributed by atoms with Gasteiger partial charge in [-0.15, -0.1) is 10.2 Å². The molecular weight excluding hydrogens is 366 g/mol. The molecule has 1 amide bonds. The van der Waals surface area contributed by atoms with Crippen molar-refractivity contribution in [2.45, 2.75) is 28.6 Å². The predicted octanol–water partition coefficient (Wildman–Crippen LogP) is 3.18. The molecule has 1 aliphatic rings. The van der Waals surface area contributed by atoms with Crippen molar-refractivity contribution in [3.8, 4) is 11.5 Å². The molecule has 1 aromatic heterocycles. The van der Waals surface area contributed by atoms with E-state index in [2.05, 4.69) is 22.4 Å². The van der Waals surface area contributed by atoms with Gasteiger partial charge in [-0.2, -0.15) is 0 Å². The van der Waals surface area contributed by atoms with Gasteiger partial charge in [0.25, 0.3) is 0 Å². The number of carbonyl (C=O) groups excluding carboxylic acids is 1. The van der Waals surface area contributed by atoms with E-state index in [1.807, 2.05) is 18.2 Å². The molecule has 1 N–H and O–H groups in total. The third kappa shape index (κ3) is 4.78. The van der Waals surface area contributed by atoms with Gasteiger partial charge < -0.3 is 14.8 Å². The monoisotopic (exact) mass is 383 g/mol. The van der Waals surface area contributed by atoms with Gasteiger partial charge in [0, 0.05) is 12.3 Å². The molecule has 0 unspecified atom stereocenters. The Morgan fingerprint density at radius 2 is 2.04 bits per heavy atom. The predicted molar refractivity (Wildman–Crippen MR) is 96.1 cm³/mol. The first-order chi connectivity index (χ1) is 11.7. The number of amides is 1. The van der Waals surface area contributed by atoms with E-state index in [0.29, 0.717) is 12.3 Å². The summed E-state index contributed by atoms with van der Waals surface area (Å²) in [6.07, 6.45) is 1.11. The molecule has 1 aromatic carbocycles. The lowest BCUT2D eigenvalue weighted by molar-refractivity contribution is -0.118. The number of hydrogen-bond donors (Lipinski definition) is 1. The zero-order chi connectivity index (χ0) is 16.8. The average Bonchev–Trinajstić information content (AvgIpc) is 3.24. The number of benzene rings is 1. The summed E-state index contributed by atoms with van der Waals surface area (Å²) in [6, 6.07) is 5.66. The minimum Gasteiger partial charge on any atom is -0.454 e. The van der Waals surface area contributed by atoms with Crippen LogP contribution in [0.2, 0.25) is 0 Å². The molecule has 2 aromatic rings. The van der Waals surface area contributed by atoms with Crippen molar-refractivity contribution < 1.29 is 14.3 Å². The summed E-state index contributed by atoms with van der Waals surface area (Å²) < 4.78 is 12.4. The summed E-state index contributed by atoms with van der Waals surface area (Å²) in [5, 5.41) is 11.1. The van der Waals surface area contributed by atoms with Crippen LogP contribution in [0.15, 0.2) is 26.9 Å². The molecule has 128 valence electrons. The molecule has 0 saturated heterocycles. The molecule has 1 aliphatic heterocycles. The number of nitrogens with one attached hydrogen (secondary N) is 1. The maximum atomic E-state index is 12.0. The third-order valence-electron chi connectivity index (χ3n) is 3.07. The third-order valence-corrected chi connectivity index (χ3v) is 6.47. The first kappa shape index (κ1) is 17.4. The zero-order valence-electron chi connectivity index (χ0n) is 13.1. The molecule has 0 aliphatic carbocycles. The van der Waals surface area contributed by atoms with E-state index >= 15 is 0 Å². The number of rotatable bonds is 8. The van der Waals surface area contributed by atoms with E-state index in [1.165, 1.54) is 23.1 Å². The summed E-state index contributed by atoms with van der Waals surface area (Å²) in [6.45, 7) is 2.85. The second-order valence-electron chi connectivity index (χ2n) is 4.94. The number of ether oxygens (including phenoxy) is 2. The van der Waals surface area contributed by atoms with E-state index < -0.39 is 0 Å². The van der Waals surface area contributed by atoms with Gasteiger partial charge in [-0.05, 0) is 24.1 Å². The van der Waals surface area contributed by atoms with Crippen LogP contribution in [0.1, 0.15) is 18.9 Å². The van der Waals surface area contributed by atoms with Crippen molar-refractivity contribution in [2.75, 3.05) is 18.3 Å². The van der Waals surface area contributed by atoms with Crippen LogP contribution in [0.3, 0.4) is 0 Å². The number of hydrogen-bond acceptors (Lipinski definition) is 8. The minimum atomic E-state index is -0.0318. The van der Waals surface area contributed by atoms with Gasteiger partial charge in [-0.25, -0.2) is 0 Å². The van der Waals surface area contributed by atoms with Crippen molar-refractivity contribution in [1.29, 1.82) is 0 Å². The summed E-state index contributed by atoms with van der Waals surface area (Å²) in [5.41, 5.74) is 0.978. The summed E-state index contributed by atoms with van der Waals surface area (Å²) in [5.74, 6) is 2.80. The topological polar surface area (TPSA) is 73.3 Å². The summed E-state index contributed by atoms with van der Waals surface area (Å²) in [7, 11) is 0. The summed E-state index contributed by atoms with van der Waals surface area (Å²) in [4.78, 5) is 12.0. The first-order valence-electron chi connectivity index (χ1n) is 7.49. The molecule has 0 radical (unpaired) electrons. The smallest absolute Gasteiger partial charge is 0.231 e. The second-order valence-corrected chi connectivity index (χ2v) is 8.48. The van der Waals surface area contributed by atoms with Crippen molar-refractivity contribution >= 4 is 40.8 Å². The number of nitrogens with zero attached hydrogens (tertiary/aromatic N) is 2. The highest BCUT2D eigenvalue weighted by molar-refractivity contribution is 8.03. The van der Waals surface area contributed by atoms with Crippen molar-refractivity contribution in [3.05, 3.63) is 23.8 Å². The van der Waals surface area contributed by atoms with Crippen LogP contribution >= 0.6 is 34.9 Å². The Morgan fingerprint density at radius 3 is 2.88 bits per heavy atom. The Bertz CT molecular complexity index is 708. The van der Waals surface area contributed by atoms with Gasteiger partial charge in [0.1, 0.15) is 0 Å². The fourth-order valence-corrected chi connectivity index (χ4v) is 4.71. The van der Waals surface area contributed by atoms with E-state index in [0.717, 1.165) is 37.9 Å². The summed E-state index contributed by atoms with van der Waals surface area (Å²) >= 11 is 4.65. The van der Waals surface area contributed by atoms with E-state index in [4.69, 9.17) is 9.47 Å². The van der Waals surface area contributed by atoms with E-state index in [1.54, 1.807) is 11.8 Å². The van der Waals surface area contributed by atoms with E-state index in [-0.39, 0.29) is 12.7 Å². The Morgan fingerprint density at radius 1 is 1.25 bits per heavy atom. The molecular formula is C15H17N3O3S3. The molecule has 6 nitrogen and oxygen atoms in total. The lowest BCUT2D eigenvalue weighted by Gasteiger charge is -2.05. The standard InChI is InChI=1S/C15H17N3O3S3/c1-2-5-22-14-17-18-15(24-14)23-8-13(19)16-7-10-3-4-11-12(6-10)21-9-20-11/h3-4,6H,2,5,7-9H2,1H3,(H,16,19). The number of aromatic nitrogens is 2. The highest BCUT2D eigenvalue weighted by Crippen LogP contribution is 2.32. The van der Waals surface area contributed by atoms with Crippen LogP contribution in [-0.2, 0) is 11.3 Å². The van der Waals surface area contributed by atoms with Crippen molar-refractivity contribution in [3.63, 3.8) is 0 Å². The van der Waals surface area contributed by atoms with Gasteiger partial charge in [-0.1, -0.05) is 47.9 Å². The van der Waals surface area contributed by atoms with Crippen molar-refractivity contribution in [2.24, 2.45) is 0 Å². The van der Waals surface area contributed by atoms with Crippen LogP contribution < -0.4 is 14.8 Å². The largest absolute Gasteiger partial charge is 0.454 e. The lowest BCUT2D eigenvalue weighted by Crippen LogP contribution is -2.24. The highest BCUT2D eigenvalue weighted by Gasteiger charge is 2.13. The molecule has 3 rings (SSSR count). The van der Waals surface area contributed by atoms with Crippen LogP contribution in [0.5, 0.6) is 11.5 Å². The normalized spacial score (nSPS) is 12.4. The lowest BCUT2D eigenvalue weighted by atomic mass is 10.2. The zero-order valence-corrected chi connectivity index (χ0v) is 15.6. The minimum absolute atomic E-state index is 0.0318. The molecule has 9 heteroatoms. The van der Waals surface area contributed by atoms with Gasteiger partial charge in [-0.3, -0.25) is 4.79 Å². The Labute approximate surface area is 152 Å². The molecule has 0 bridgehead atoms. The van der Waals surface area contributed by atoms with Gasteiger partial charge in [0.05, 0.1) is 5.75 Å². The quantitative estimate of drug-likeness (QED) is 0.702. The molecule has 0 fully saturated rings. The Hall–Kier alpha value is -1.45. The molecule has 2 heterocycles. The fraction of sp³-hybridized carbons (Fsp3) is 0.400. The molecule has 0 atom stereocenters. The Kier molecular flexibility index (Phi) is 6.22. The molecule has 0 saturated carbocycles. The Balaban J connectivity index is 1.42. The van der Waals surface area contributed by atoms with Crippen LogP contribution in [0, 0.1) is 0 Å². The van der Waals surface area contributed by atoms with Gasteiger partial charge in [0.2, 0.25) is 12.7 Å². The first-order valence-corrected chi connectivity index (χ1v) is 10.3. The van der Waals surface area contributed by atoms with Gasteiger partial charge >= 0.3 is 0 Å². The van der Waals surface area contributed by atoms with Crippen LogP contribution in [0.4, 0.5) is 0 Å².